The van der Waals surface area contributed by atoms with E-state index < -0.39 is 0 Å². The number of hydrogen-bond donors (Lipinski definition) is 0. The van der Waals surface area contributed by atoms with Crippen LogP contribution in [0.25, 0.3) is 10.8 Å². The molecule has 0 radical (unpaired) electrons. The topological polar surface area (TPSA) is 9.23 Å². The first kappa shape index (κ1) is 9.72. The van der Waals surface area contributed by atoms with Gasteiger partial charge in [-0.2, -0.15) is 0 Å². The van der Waals surface area contributed by atoms with Gasteiger partial charge in [-0.05, 0) is 40.1 Å². The first-order valence-electron chi connectivity index (χ1n) is 6.17. The van der Waals surface area contributed by atoms with E-state index in [2.05, 4.69) is 48.5 Å². The van der Waals surface area contributed by atoms with E-state index in [0.29, 0.717) is 0 Å². The van der Waals surface area contributed by atoms with Crippen molar-refractivity contribution in [2.75, 3.05) is 0 Å². The quantitative estimate of drug-likeness (QED) is 0.432. The standard InChI is InChI=1S/C17H12O/c1-2-6-13-11-17-15(9-12(13)5-1)10-14-7-3-4-8-16(14)18-17/h1-9,11H,10H2. The van der Waals surface area contributed by atoms with Gasteiger partial charge in [-0.25, -0.2) is 0 Å². The maximum absolute atomic E-state index is 5.99. The van der Waals surface area contributed by atoms with Crippen molar-refractivity contribution in [2.24, 2.45) is 0 Å². The van der Waals surface area contributed by atoms with Gasteiger partial charge in [-0.1, -0.05) is 42.5 Å². The molecule has 1 aliphatic rings. The lowest BCUT2D eigenvalue weighted by Gasteiger charge is -2.20. The number of para-hydroxylation sites is 1. The summed E-state index contributed by atoms with van der Waals surface area (Å²) < 4.78 is 5.99. The third-order valence-electron chi connectivity index (χ3n) is 3.50. The van der Waals surface area contributed by atoms with Gasteiger partial charge in [0.05, 0.1) is 0 Å². The molecule has 1 heteroatoms. The Balaban J connectivity index is 1.92. The van der Waals surface area contributed by atoms with Crippen molar-refractivity contribution >= 4 is 10.8 Å². The van der Waals surface area contributed by atoms with Gasteiger partial charge in [0.1, 0.15) is 11.5 Å². The molecule has 3 aromatic rings. The summed E-state index contributed by atoms with van der Waals surface area (Å²) in [5.41, 5.74) is 2.53. The molecule has 86 valence electrons. The Kier molecular flexibility index (Phi) is 1.95. The predicted molar refractivity (Wildman–Crippen MR) is 73.3 cm³/mol. The molecule has 0 aliphatic carbocycles. The lowest BCUT2D eigenvalue weighted by Crippen LogP contribution is -2.02. The highest BCUT2D eigenvalue weighted by atomic mass is 16.5. The minimum atomic E-state index is 0.955. The van der Waals surface area contributed by atoms with Crippen molar-refractivity contribution in [3.05, 3.63) is 71.8 Å². The minimum absolute atomic E-state index is 0.955. The summed E-state index contributed by atoms with van der Waals surface area (Å²) in [4.78, 5) is 0. The highest BCUT2D eigenvalue weighted by Crippen LogP contribution is 2.38. The van der Waals surface area contributed by atoms with Crippen molar-refractivity contribution in [3.8, 4) is 11.5 Å². The number of benzene rings is 3. The van der Waals surface area contributed by atoms with Crippen molar-refractivity contribution < 1.29 is 4.74 Å². The highest BCUT2D eigenvalue weighted by Gasteiger charge is 2.16. The third kappa shape index (κ3) is 1.41. The van der Waals surface area contributed by atoms with Crippen LogP contribution < -0.4 is 4.74 Å². The first-order chi connectivity index (χ1) is 8.90. The zero-order valence-corrected chi connectivity index (χ0v) is 9.89. The van der Waals surface area contributed by atoms with Gasteiger partial charge >= 0.3 is 0 Å². The minimum Gasteiger partial charge on any atom is -0.457 e. The van der Waals surface area contributed by atoms with E-state index in [9.17, 15) is 0 Å². The SMILES string of the molecule is c1ccc2c(c1)Cc1cc3ccccc3cc1O2. The second-order valence-electron chi connectivity index (χ2n) is 4.69. The fourth-order valence-corrected chi connectivity index (χ4v) is 2.57. The van der Waals surface area contributed by atoms with Crippen LogP contribution in [0.3, 0.4) is 0 Å². The molecule has 0 atom stereocenters. The molecule has 1 nitrogen and oxygen atoms in total. The van der Waals surface area contributed by atoms with Gasteiger partial charge in [0.2, 0.25) is 0 Å². The van der Waals surface area contributed by atoms with Gasteiger partial charge < -0.3 is 4.74 Å². The predicted octanol–water partition coefficient (Wildman–Crippen LogP) is 4.54. The molecule has 3 aromatic carbocycles. The Hall–Kier alpha value is -2.28. The molecule has 0 saturated carbocycles. The molecule has 0 N–H and O–H groups in total. The molecule has 4 rings (SSSR count). The summed E-state index contributed by atoms with van der Waals surface area (Å²) in [6, 6.07) is 21.0. The molecule has 0 fully saturated rings. The van der Waals surface area contributed by atoms with E-state index >= 15 is 0 Å². The molecule has 1 heterocycles. The zero-order chi connectivity index (χ0) is 11.9. The van der Waals surface area contributed by atoms with Gasteiger partial charge in [0.15, 0.2) is 0 Å². The van der Waals surface area contributed by atoms with E-state index in [1.54, 1.807) is 0 Å². The van der Waals surface area contributed by atoms with Crippen molar-refractivity contribution in [3.63, 3.8) is 0 Å². The van der Waals surface area contributed by atoms with Crippen LogP contribution in [0.15, 0.2) is 60.7 Å². The Morgan fingerprint density at radius 2 is 1.39 bits per heavy atom. The lowest BCUT2D eigenvalue weighted by molar-refractivity contribution is 0.461. The third-order valence-corrected chi connectivity index (χ3v) is 3.50. The molecule has 0 saturated heterocycles. The van der Waals surface area contributed by atoms with Crippen molar-refractivity contribution in [1.29, 1.82) is 0 Å². The molecule has 0 spiro atoms. The lowest BCUT2D eigenvalue weighted by atomic mass is 9.97. The molecule has 0 amide bonds. The molecule has 0 bridgehead atoms. The van der Waals surface area contributed by atoms with Crippen molar-refractivity contribution in [2.45, 2.75) is 6.42 Å². The van der Waals surface area contributed by atoms with Crippen LogP contribution in [-0.4, -0.2) is 0 Å². The first-order valence-corrected chi connectivity index (χ1v) is 6.17. The molecule has 0 aromatic heterocycles. The maximum Gasteiger partial charge on any atom is 0.131 e. The van der Waals surface area contributed by atoms with E-state index in [1.807, 2.05) is 12.1 Å². The molecular formula is C17H12O. The van der Waals surface area contributed by atoms with Crippen LogP contribution in [0.2, 0.25) is 0 Å². The van der Waals surface area contributed by atoms with E-state index in [1.165, 1.54) is 21.9 Å². The Bertz CT molecular complexity index is 680. The van der Waals surface area contributed by atoms with Crippen LogP contribution in [-0.2, 0) is 6.42 Å². The smallest absolute Gasteiger partial charge is 0.131 e. The second kappa shape index (κ2) is 3.61. The fourth-order valence-electron chi connectivity index (χ4n) is 2.57. The van der Waals surface area contributed by atoms with Crippen LogP contribution in [0, 0.1) is 0 Å². The van der Waals surface area contributed by atoms with E-state index in [0.717, 1.165) is 17.9 Å². The monoisotopic (exact) mass is 232 g/mol. The number of rotatable bonds is 0. The molecular weight excluding hydrogens is 220 g/mol. The van der Waals surface area contributed by atoms with Gasteiger partial charge in [-0.15, -0.1) is 0 Å². The average molecular weight is 232 g/mol. The summed E-state index contributed by atoms with van der Waals surface area (Å²) in [5, 5.41) is 2.51. The van der Waals surface area contributed by atoms with E-state index in [4.69, 9.17) is 4.74 Å². The van der Waals surface area contributed by atoms with Gasteiger partial charge in [0.25, 0.3) is 0 Å². The average Bonchev–Trinajstić information content (AvgIpc) is 2.42. The fraction of sp³-hybridized carbons (Fsp3) is 0.0588. The van der Waals surface area contributed by atoms with Crippen molar-refractivity contribution in [1.82, 2.24) is 0 Å². The summed E-state index contributed by atoms with van der Waals surface area (Å²) in [6.45, 7) is 0. The summed E-state index contributed by atoms with van der Waals surface area (Å²) in [7, 11) is 0. The van der Waals surface area contributed by atoms with Crippen LogP contribution in [0.4, 0.5) is 0 Å². The Morgan fingerprint density at radius 3 is 2.28 bits per heavy atom. The Labute approximate surface area is 106 Å². The normalized spacial score (nSPS) is 12.7. The van der Waals surface area contributed by atoms with Crippen LogP contribution in [0.5, 0.6) is 11.5 Å². The largest absolute Gasteiger partial charge is 0.457 e. The zero-order valence-electron chi connectivity index (χ0n) is 9.89. The molecule has 18 heavy (non-hydrogen) atoms. The highest BCUT2D eigenvalue weighted by molar-refractivity contribution is 5.85. The maximum atomic E-state index is 5.99. The number of ether oxygens (including phenoxy) is 1. The molecule has 1 aliphatic heterocycles. The second-order valence-corrected chi connectivity index (χ2v) is 4.69. The van der Waals surface area contributed by atoms with Gasteiger partial charge in [0, 0.05) is 6.42 Å². The van der Waals surface area contributed by atoms with Crippen LogP contribution >= 0.6 is 0 Å². The van der Waals surface area contributed by atoms with E-state index in [-0.39, 0.29) is 0 Å². The Morgan fingerprint density at radius 1 is 0.667 bits per heavy atom. The molecule has 0 unspecified atom stereocenters. The van der Waals surface area contributed by atoms with Crippen LogP contribution in [0.1, 0.15) is 11.1 Å². The van der Waals surface area contributed by atoms with Gasteiger partial charge in [-0.3, -0.25) is 0 Å². The summed E-state index contributed by atoms with van der Waals surface area (Å²) in [6.07, 6.45) is 0.955. The number of hydrogen-bond acceptors (Lipinski definition) is 1. The number of fused-ring (bicyclic) bond motifs is 3. The summed E-state index contributed by atoms with van der Waals surface area (Å²) >= 11 is 0. The summed E-state index contributed by atoms with van der Waals surface area (Å²) in [5.74, 6) is 1.98.